The monoisotopic (exact) mass is 255 g/mol. The third kappa shape index (κ3) is 4.11. The van der Waals surface area contributed by atoms with Gasteiger partial charge < -0.3 is 10.5 Å². The molecule has 0 spiro atoms. The molecule has 0 amide bonds. The summed E-state index contributed by atoms with van der Waals surface area (Å²) in [6, 6.07) is 16.5. The van der Waals surface area contributed by atoms with E-state index in [1.807, 2.05) is 24.3 Å². The van der Waals surface area contributed by atoms with E-state index in [-0.39, 0.29) is 0 Å². The maximum Gasteiger partial charge on any atom is 0.127 e. The molecule has 2 heteroatoms. The van der Waals surface area contributed by atoms with Gasteiger partial charge in [-0.25, -0.2) is 0 Å². The summed E-state index contributed by atoms with van der Waals surface area (Å²) in [7, 11) is 0. The van der Waals surface area contributed by atoms with Crippen LogP contribution in [0.1, 0.15) is 24.5 Å². The van der Waals surface area contributed by atoms with E-state index in [2.05, 4.69) is 31.2 Å². The molecule has 0 aliphatic heterocycles. The molecular formula is C17H21NO. The number of nitrogens with two attached hydrogens (primary N) is 1. The van der Waals surface area contributed by atoms with Crippen LogP contribution in [0.2, 0.25) is 0 Å². The summed E-state index contributed by atoms with van der Waals surface area (Å²) in [5.74, 6) is 1.76. The highest BCUT2D eigenvalue weighted by atomic mass is 16.5. The van der Waals surface area contributed by atoms with Crippen molar-refractivity contribution in [2.75, 3.05) is 6.54 Å². The molecule has 2 rings (SSSR count). The molecule has 0 radical (unpaired) electrons. The Morgan fingerprint density at radius 1 is 0.842 bits per heavy atom. The van der Waals surface area contributed by atoms with Gasteiger partial charge in [0.15, 0.2) is 0 Å². The van der Waals surface area contributed by atoms with Gasteiger partial charge in [0.2, 0.25) is 0 Å². The smallest absolute Gasteiger partial charge is 0.127 e. The Kier molecular flexibility index (Phi) is 4.99. The zero-order chi connectivity index (χ0) is 13.5. The summed E-state index contributed by atoms with van der Waals surface area (Å²) >= 11 is 0. The van der Waals surface area contributed by atoms with E-state index in [0.717, 1.165) is 37.3 Å². The molecule has 2 N–H and O–H groups in total. The van der Waals surface area contributed by atoms with Gasteiger partial charge in [-0.1, -0.05) is 31.2 Å². The van der Waals surface area contributed by atoms with E-state index in [9.17, 15) is 0 Å². The first-order valence-electron chi connectivity index (χ1n) is 6.87. The molecule has 100 valence electrons. The van der Waals surface area contributed by atoms with Gasteiger partial charge in [-0.3, -0.25) is 0 Å². The van der Waals surface area contributed by atoms with Crippen LogP contribution in [0.25, 0.3) is 0 Å². The first-order chi connectivity index (χ1) is 9.31. The van der Waals surface area contributed by atoms with Crippen LogP contribution in [0.4, 0.5) is 0 Å². The third-order valence-corrected chi connectivity index (χ3v) is 3.16. The SMILES string of the molecule is CCc1ccc(Oc2ccc(CCCN)cc2)cc1. The largest absolute Gasteiger partial charge is 0.457 e. The highest BCUT2D eigenvalue weighted by Crippen LogP contribution is 2.22. The summed E-state index contributed by atoms with van der Waals surface area (Å²) in [5.41, 5.74) is 8.14. The van der Waals surface area contributed by atoms with Gasteiger partial charge in [-0.15, -0.1) is 0 Å². The Bertz CT molecular complexity index is 488. The van der Waals surface area contributed by atoms with Crippen LogP contribution < -0.4 is 10.5 Å². The average Bonchev–Trinajstić information content (AvgIpc) is 2.47. The van der Waals surface area contributed by atoms with Gasteiger partial charge in [-0.2, -0.15) is 0 Å². The number of hydrogen-bond acceptors (Lipinski definition) is 2. The molecule has 0 bridgehead atoms. The van der Waals surface area contributed by atoms with E-state index >= 15 is 0 Å². The molecule has 2 aromatic carbocycles. The molecule has 19 heavy (non-hydrogen) atoms. The van der Waals surface area contributed by atoms with Gasteiger partial charge in [0, 0.05) is 0 Å². The summed E-state index contributed by atoms with van der Waals surface area (Å²) in [5, 5.41) is 0. The molecule has 0 fully saturated rings. The van der Waals surface area contributed by atoms with Crippen molar-refractivity contribution < 1.29 is 4.74 Å². The minimum Gasteiger partial charge on any atom is -0.457 e. The predicted molar refractivity (Wildman–Crippen MR) is 79.7 cm³/mol. The van der Waals surface area contributed by atoms with Crippen LogP contribution in [0.5, 0.6) is 11.5 Å². The Labute approximate surface area is 115 Å². The second-order valence-electron chi connectivity index (χ2n) is 4.64. The average molecular weight is 255 g/mol. The van der Waals surface area contributed by atoms with Crippen molar-refractivity contribution in [1.29, 1.82) is 0 Å². The summed E-state index contributed by atoms with van der Waals surface area (Å²) in [6.07, 6.45) is 3.11. The van der Waals surface area contributed by atoms with Crippen molar-refractivity contribution >= 4 is 0 Å². The lowest BCUT2D eigenvalue weighted by Crippen LogP contribution is -2.00. The molecule has 2 aromatic rings. The Hall–Kier alpha value is -1.80. The van der Waals surface area contributed by atoms with E-state index in [1.165, 1.54) is 11.1 Å². The number of rotatable bonds is 6. The lowest BCUT2D eigenvalue weighted by atomic mass is 10.1. The first-order valence-corrected chi connectivity index (χ1v) is 6.87. The number of ether oxygens (including phenoxy) is 1. The van der Waals surface area contributed by atoms with Crippen LogP contribution in [-0.2, 0) is 12.8 Å². The zero-order valence-corrected chi connectivity index (χ0v) is 11.4. The number of hydrogen-bond donors (Lipinski definition) is 1. The molecule has 0 heterocycles. The van der Waals surface area contributed by atoms with E-state index in [4.69, 9.17) is 10.5 Å². The normalized spacial score (nSPS) is 10.4. The second kappa shape index (κ2) is 6.95. The molecule has 0 atom stereocenters. The fraction of sp³-hybridized carbons (Fsp3) is 0.294. The summed E-state index contributed by atoms with van der Waals surface area (Å²) < 4.78 is 5.81. The maximum absolute atomic E-state index is 5.81. The molecule has 0 aliphatic rings. The molecule has 0 saturated heterocycles. The van der Waals surface area contributed by atoms with E-state index < -0.39 is 0 Å². The Morgan fingerprint density at radius 3 is 1.84 bits per heavy atom. The van der Waals surface area contributed by atoms with Crippen molar-refractivity contribution in [3.8, 4) is 11.5 Å². The van der Waals surface area contributed by atoms with Gasteiger partial charge in [0.25, 0.3) is 0 Å². The lowest BCUT2D eigenvalue weighted by Gasteiger charge is -2.07. The Balaban J connectivity index is 1.98. The number of aryl methyl sites for hydroxylation is 2. The highest BCUT2D eigenvalue weighted by molar-refractivity contribution is 5.34. The van der Waals surface area contributed by atoms with Crippen molar-refractivity contribution in [3.63, 3.8) is 0 Å². The van der Waals surface area contributed by atoms with E-state index in [0.29, 0.717) is 0 Å². The predicted octanol–water partition coefficient (Wildman–Crippen LogP) is 3.93. The van der Waals surface area contributed by atoms with Crippen LogP contribution in [0.15, 0.2) is 48.5 Å². The van der Waals surface area contributed by atoms with E-state index in [1.54, 1.807) is 0 Å². The summed E-state index contributed by atoms with van der Waals surface area (Å²) in [4.78, 5) is 0. The van der Waals surface area contributed by atoms with Crippen molar-refractivity contribution in [2.45, 2.75) is 26.2 Å². The molecular weight excluding hydrogens is 234 g/mol. The molecule has 0 saturated carbocycles. The third-order valence-electron chi connectivity index (χ3n) is 3.16. The van der Waals surface area contributed by atoms with Crippen LogP contribution in [0, 0.1) is 0 Å². The van der Waals surface area contributed by atoms with Gasteiger partial charge in [0.1, 0.15) is 11.5 Å². The van der Waals surface area contributed by atoms with Crippen LogP contribution in [0.3, 0.4) is 0 Å². The minimum absolute atomic E-state index is 0.738. The van der Waals surface area contributed by atoms with Crippen molar-refractivity contribution in [1.82, 2.24) is 0 Å². The van der Waals surface area contributed by atoms with Crippen molar-refractivity contribution in [2.24, 2.45) is 5.73 Å². The molecule has 2 nitrogen and oxygen atoms in total. The number of benzene rings is 2. The second-order valence-corrected chi connectivity index (χ2v) is 4.64. The summed E-state index contributed by atoms with van der Waals surface area (Å²) in [6.45, 7) is 2.89. The van der Waals surface area contributed by atoms with Gasteiger partial charge in [-0.05, 0) is 61.2 Å². The minimum atomic E-state index is 0.738. The lowest BCUT2D eigenvalue weighted by molar-refractivity contribution is 0.482. The van der Waals surface area contributed by atoms with Crippen molar-refractivity contribution in [3.05, 3.63) is 59.7 Å². The zero-order valence-electron chi connectivity index (χ0n) is 11.4. The first kappa shape index (κ1) is 13.6. The van der Waals surface area contributed by atoms with Crippen LogP contribution >= 0.6 is 0 Å². The fourth-order valence-electron chi connectivity index (χ4n) is 1.96. The maximum atomic E-state index is 5.81. The van der Waals surface area contributed by atoms with Crippen LogP contribution in [-0.4, -0.2) is 6.54 Å². The fourth-order valence-corrected chi connectivity index (χ4v) is 1.96. The highest BCUT2D eigenvalue weighted by Gasteiger charge is 1.98. The standard InChI is InChI=1S/C17H21NO/c1-2-14-5-9-16(10-6-14)19-17-11-7-15(8-12-17)4-3-13-18/h5-12H,2-4,13,18H2,1H3. The molecule has 0 aliphatic carbocycles. The topological polar surface area (TPSA) is 35.2 Å². The Morgan fingerprint density at radius 2 is 1.37 bits per heavy atom. The molecule has 0 aromatic heterocycles. The quantitative estimate of drug-likeness (QED) is 0.848. The van der Waals surface area contributed by atoms with Gasteiger partial charge in [0.05, 0.1) is 0 Å². The van der Waals surface area contributed by atoms with Gasteiger partial charge >= 0.3 is 0 Å². The molecule has 0 unspecified atom stereocenters.